The standard InChI is InChI=1S/C11H19NO2/c1-2-6-10(13)12-9-11(14)7-4-3-5-8-11/h2,6,14H,3-5,7-9H2,1H3,(H,12,13). The maximum Gasteiger partial charge on any atom is 0.243 e. The molecule has 1 fully saturated rings. The third kappa shape index (κ3) is 3.50. The number of hydrogen-bond donors (Lipinski definition) is 2. The van der Waals surface area contributed by atoms with Crippen molar-refractivity contribution in [1.29, 1.82) is 0 Å². The van der Waals surface area contributed by atoms with Crippen molar-refractivity contribution in [2.24, 2.45) is 0 Å². The molecule has 80 valence electrons. The molecule has 0 radical (unpaired) electrons. The number of nitrogens with one attached hydrogen (secondary N) is 1. The maximum absolute atomic E-state index is 11.1. The highest BCUT2D eigenvalue weighted by atomic mass is 16.3. The molecule has 1 rings (SSSR count). The minimum absolute atomic E-state index is 0.119. The normalized spacial score (nSPS) is 21.0. The van der Waals surface area contributed by atoms with Crippen molar-refractivity contribution in [3.05, 3.63) is 12.2 Å². The number of aliphatic hydroxyl groups is 1. The van der Waals surface area contributed by atoms with Gasteiger partial charge in [0.1, 0.15) is 0 Å². The zero-order valence-corrected chi connectivity index (χ0v) is 8.75. The van der Waals surface area contributed by atoms with E-state index >= 15 is 0 Å². The molecule has 0 aromatic heterocycles. The molecule has 3 nitrogen and oxygen atoms in total. The van der Waals surface area contributed by atoms with Crippen molar-refractivity contribution in [3.8, 4) is 0 Å². The summed E-state index contributed by atoms with van der Waals surface area (Å²) in [5.41, 5.74) is -0.657. The Morgan fingerprint density at radius 3 is 2.64 bits per heavy atom. The van der Waals surface area contributed by atoms with Gasteiger partial charge in [-0.15, -0.1) is 0 Å². The summed E-state index contributed by atoms with van der Waals surface area (Å²) in [6.45, 7) is 2.19. The fourth-order valence-corrected chi connectivity index (χ4v) is 1.85. The highest BCUT2D eigenvalue weighted by Crippen LogP contribution is 2.27. The predicted octanol–water partition coefficient (Wildman–Crippen LogP) is 1.37. The third-order valence-corrected chi connectivity index (χ3v) is 2.69. The average Bonchev–Trinajstić information content (AvgIpc) is 2.17. The van der Waals surface area contributed by atoms with Crippen LogP contribution in [0.5, 0.6) is 0 Å². The second kappa shape index (κ2) is 5.15. The van der Waals surface area contributed by atoms with Crippen LogP contribution in [0.25, 0.3) is 0 Å². The fourth-order valence-electron chi connectivity index (χ4n) is 1.85. The molecule has 1 aliphatic rings. The molecule has 1 aliphatic carbocycles. The van der Waals surface area contributed by atoms with E-state index in [0.717, 1.165) is 25.7 Å². The SMILES string of the molecule is CC=CC(=O)NCC1(O)CCCCC1. The van der Waals surface area contributed by atoms with E-state index in [-0.39, 0.29) is 5.91 Å². The molecule has 14 heavy (non-hydrogen) atoms. The van der Waals surface area contributed by atoms with Crippen molar-refractivity contribution >= 4 is 5.91 Å². The van der Waals surface area contributed by atoms with Gasteiger partial charge in [0.05, 0.1) is 5.60 Å². The van der Waals surface area contributed by atoms with Crippen LogP contribution in [0.4, 0.5) is 0 Å². The average molecular weight is 197 g/mol. The molecule has 1 amide bonds. The summed E-state index contributed by atoms with van der Waals surface area (Å²) in [6.07, 6.45) is 8.12. The highest BCUT2D eigenvalue weighted by molar-refractivity contribution is 5.87. The third-order valence-electron chi connectivity index (χ3n) is 2.69. The first-order chi connectivity index (χ1) is 6.66. The number of carbonyl (C=O) groups is 1. The van der Waals surface area contributed by atoms with Crippen molar-refractivity contribution in [2.45, 2.75) is 44.6 Å². The van der Waals surface area contributed by atoms with Gasteiger partial charge in [-0.2, -0.15) is 0 Å². The molecule has 0 saturated heterocycles. The van der Waals surface area contributed by atoms with E-state index < -0.39 is 5.60 Å². The van der Waals surface area contributed by atoms with Gasteiger partial charge in [0, 0.05) is 6.54 Å². The molecule has 2 N–H and O–H groups in total. The second-order valence-electron chi connectivity index (χ2n) is 4.00. The van der Waals surface area contributed by atoms with Gasteiger partial charge in [0.25, 0.3) is 0 Å². The van der Waals surface area contributed by atoms with Crippen LogP contribution in [0.1, 0.15) is 39.0 Å². The van der Waals surface area contributed by atoms with Gasteiger partial charge in [0.2, 0.25) is 5.91 Å². The van der Waals surface area contributed by atoms with Crippen LogP contribution in [-0.2, 0) is 4.79 Å². The smallest absolute Gasteiger partial charge is 0.243 e. The minimum atomic E-state index is -0.657. The molecule has 3 heteroatoms. The van der Waals surface area contributed by atoms with Gasteiger partial charge in [-0.25, -0.2) is 0 Å². The van der Waals surface area contributed by atoms with Gasteiger partial charge in [-0.1, -0.05) is 25.3 Å². The van der Waals surface area contributed by atoms with Gasteiger partial charge in [-0.3, -0.25) is 4.79 Å². The monoisotopic (exact) mass is 197 g/mol. The molecule has 0 bridgehead atoms. The lowest BCUT2D eigenvalue weighted by atomic mass is 9.85. The Kier molecular flexibility index (Phi) is 4.14. The first-order valence-corrected chi connectivity index (χ1v) is 5.29. The summed E-state index contributed by atoms with van der Waals surface area (Å²) in [7, 11) is 0. The molecule has 0 aromatic carbocycles. The second-order valence-corrected chi connectivity index (χ2v) is 4.00. The van der Waals surface area contributed by atoms with Crippen LogP contribution in [0.2, 0.25) is 0 Å². The Morgan fingerprint density at radius 2 is 2.07 bits per heavy atom. The molecular formula is C11H19NO2. The lowest BCUT2D eigenvalue weighted by Crippen LogP contribution is -2.43. The molecular weight excluding hydrogens is 178 g/mol. The Bertz CT molecular complexity index is 217. The van der Waals surface area contributed by atoms with E-state index in [2.05, 4.69) is 5.32 Å². The van der Waals surface area contributed by atoms with Crippen molar-refractivity contribution in [3.63, 3.8) is 0 Å². The Morgan fingerprint density at radius 1 is 1.43 bits per heavy atom. The number of rotatable bonds is 3. The molecule has 0 aliphatic heterocycles. The fraction of sp³-hybridized carbons (Fsp3) is 0.727. The van der Waals surface area contributed by atoms with Crippen LogP contribution >= 0.6 is 0 Å². The molecule has 1 saturated carbocycles. The number of hydrogen-bond acceptors (Lipinski definition) is 2. The summed E-state index contributed by atoms with van der Waals surface area (Å²) in [5, 5.41) is 12.8. The number of allylic oxidation sites excluding steroid dienone is 1. The molecule has 0 spiro atoms. The van der Waals surface area contributed by atoms with E-state index in [4.69, 9.17) is 0 Å². The summed E-state index contributed by atoms with van der Waals surface area (Å²) < 4.78 is 0. The van der Waals surface area contributed by atoms with Gasteiger partial charge < -0.3 is 10.4 Å². The summed E-state index contributed by atoms with van der Waals surface area (Å²) in [4.78, 5) is 11.1. The molecule has 0 unspecified atom stereocenters. The van der Waals surface area contributed by atoms with E-state index in [9.17, 15) is 9.90 Å². The van der Waals surface area contributed by atoms with Gasteiger partial charge in [-0.05, 0) is 25.8 Å². The lowest BCUT2D eigenvalue weighted by molar-refractivity contribution is -0.118. The van der Waals surface area contributed by atoms with Crippen LogP contribution in [0, 0.1) is 0 Å². The Hall–Kier alpha value is -0.830. The topological polar surface area (TPSA) is 49.3 Å². The van der Waals surface area contributed by atoms with E-state index in [1.54, 1.807) is 13.0 Å². The van der Waals surface area contributed by atoms with Gasteiger partial charge >= 0.3 is 0 Å². The first-order valence-electron chi connectivity index (χ1n) is 5.29. The van der Waals surface area contributed by atoms with Crippen LogP contribution in [0.3, 0.4) is 0 Å². The zero-order valence-electron chi connectivity index (χ0n) is 8.75. The molecule has 0 aromatic rings. The number of amides is 1. The molecule has 0 heterocycles. The van der Waals surface area contributed by atoms with E-state index in [0.29, 0.717) is 6.54 Å². The van der Waals surface area contributed by atoms with Crippen molar-refractivity contribution in [2.75, 3.05) is 6.54 Å². The summed E-state index contributed by atoms with van der Waals surface area (Å²) >= 11 is 0. The van der Waals surface area contributed by atoms with Crippen molar-refractivity contribution in [1.82, 2.24) is 5.32 Å². The Labute approximate surface area is 85.2 Å². The predicted molar refractivity (Wildman–Crippen MR) is 55.9 cm³/mol. The van der Waals surface area contributed by atoms with E-state index in [1.165, 1.54) is 12.5 Å². The molecule has 0 atom stereocenters. The van der Waals surface area contributed by atoms with Gasteiger partial charge in [0.15, 0.2) is 0 Å². The number of carbonyl (C=O) groups excluding carboxylic acids is 1. The van der Waals surface area contributed by atoms with Crippen LogP contribution < -0.4 is 5.32 Å². The summed E-state index contributed by atoms with van der Waals surface area (Å²) in [5.74, 6) is -0.119. The summed E-state index contributed by atoms with van der Waals surface area (Å²) in [6, 6.07) is 0. The zero-order chi connectivity index (χ0) is 10.4. The van der Waals surface area contributed by atoms with Crippen molar-refractivity contribution < 1.29 is 9.90 Å². The first kappa shape index (κ1) is 11.2. The van der Waals surface area contributed by atoms with E-state index in [1.807, 2.05) is 0 Å². The minimum Gasteiger partial charge on any atom is -0.388 e. The lowest BCUT2D eigenvalue weighted by Gasteiger charge is -2.31. The largest absolute Gasteiger partial charge is 0.388 e. The maximum atomic E-state index is 11.1. The van der Waals surface area contributed by atoms with Crippen LogP contribution in [0.15, 0.2) is 12.2 Å². The highest BCUT2D eigenvalue weighted by Gasteiger charge is 2.28. The van der Waals surface area contributed by atoms with Crippen LogP contribution in [-0.4, -0.2) is 23.2 Å². The quantitative estimate of drug-likeness (QED) is 0.671. The Balaban J connectivity index is 2.31.